The molecular weight excluding hydrogens is 418 g/mol. The molecule has 8 nitrogen and oxygen atoms in total. The van der Waals surface area contributed by atoms with Crippen molar-refractivity contribution in [2.75, 3.05) is 43.1 Å². The van der Waals surface area contributed by atoms with Crippen LogP contribution in [0.2, 0.25) is 0 Å². The number of amides is 2. The average molecular weight is 444 g/mol. The van der Waals surface area contributed by atoms with Gasteiger partial charge in [0.1, 0.15) is 0 Å². The van der Waals surface area contributed by atoms with Gasteiger partial charge in [0, 0.05) is 37.4 Å². The second-order valence-corrected chi connectivity index (χ2v) is 9.71. The van der Waals surface area contributed by atoms with Crippen LogP contribution < -0.4 is 10.2 Å². The summed E-state index contributed by atoms with van der Waals surface area (Å²) in [6.45, 7) is 3.71. The first kappa shape index (κ1) is 21.5. The Kier molecular flexibility index (Phi) is 6.08. The van der Waals surface area contributed by atoms with Crippen molar-refractivity contribution >= 4 is 33.2 Å². The Morgan fingerprint density at radius 1 is 1.03 bits per heavy atom. The Balaban J connectivity index is 1.40. The zero-order valence-corrected chi connectivity index (χ0v) is 18.1. The molecule has 2 aromatic rings. The van der Waals surface area contributed by atoms with Crippen molar-refractivity contribution in [2.24, 2.45) is 5.92 Å². The van der Waals surface area contributed by atoms with Crippen molar-refractivity contribution in [3.8, 4) is 0 Å². The van der Waals surface area contributed by atoms with E-state index in [0.717, 1.165) is 11.3 Å². The first-order chi connectivity index (χ1) is 14.8. The van der Waals surface area contributed by atoms with Crippen molar-refractivity contribution in [1.29, 1.82) is 0 Å². The highest BCUT2D eigenvalue weighted by molar-refractivity contribution is 7.89. The normalized spacial score (nSPS) is 20.1. The standard InChI is InChI=1S/C22H25N3O5S/c1-16-2-6-19(7-3-16)25-15-17(14-21(25)26)22(27)23-18-4-8-20(9-5-18)31(28,29)24-10-12-30-13-11-24/h2-9,17H,10-15H2,1H3,(H,23,27)/t17-/m0/s1. The molecule has 0 bridgehead atoms. The second-order valence-electron chi connectivity index (χ2n) is 7.77. The highest BCUT2D eigenvalue weighted by Crippen LogP contribution is 2.27. The summed E-state index contributed by atoms with van der Waals surface area (Å²) in [5.74, 6) is -0.812. The highest BCUT2D eigenvalue weighted by atomic mass is 32.2. The number of carbonyl (C=O) groups is 2. The maximum Gasteiger partial charge on any atom is 0.243 e. The predicted octanol–water partition coefficient (Wildman–Crippen LogP) is 2.01. The van der Waals surface area contributed by atoms with E-state index in [1.807, 2.05) is 31.2 Å². The number of aryl methyl sites for hydroxylation is 1. The third kappa shape index (κ3) is 4.63. The molecule has 2 amide bonds. The number of benzene rings is 2. The van der Waals surface area contributed by atoms with E-state index in [4.69, 9.17) is 4.74 Å². The molecule has 31 heavy (non-hydrogen) atoms. The van der Waals surface area contributed by atoms with Crippen LogP contribution in [0.5, 0.6) is 0 Å². The SMILES string of the molecule is Cc1ccc(N2C[C@@H](C(=O)Nc3ccc(S(=O)(=O)N4CCOCC4)cc3)CC2=O)cc1. The minimum Gasteiger partial charge on any atom is -0.379 e. The van der Waals surface area contributed by atoms with E-state index in [1.165, 1.54) is 16.4 Å². The number of hydrogen-bond donors (Lipinski definition) is 1. The minimum atomic E-state index is -3.58. The molecule has 1 atom stereocenters. The van der Waals surface area contributed by atoms with Crippen molar-refractivity contribution in [3.05, 3.63) is 54.1 Å². The van der Waals surface area contributed by atoms with Crippen LogP contribution in [0.1, 0.15) is 12.0 Å². The van der Waals surface area contributed by atoms with Crippen LogP contribution in [0.25, 0.3) is 0 Å². The van der Waals surface area contributed by atoms with Gasteiger partial charge in [0.25, 0.3) is 0 Å². The van der Waals surface area contributed by atoms with Crippen molar-refractivity contribution in [3.63, 3.8) is 0 Å². The van der Waals surface area contributed by atoms with Crippen LogP contribution in [0.4, 0.5) is 11.4 Å². The van der Waals surface area contributed by atoms with E-state index < -0.39 is 15.9 Å². The summed E-state index contributed by atoms with van der Waals surface area (Å²) in [5, 5.41) is 2.80. The van der Waals surface area contributed by atoms with Gasteiger partial charge in [-0.2, -0.15) is 4.31 Å². The summed E-state index contributed by atoms with van der Waals surface area (Å²) in [6.07, 6.45) is 0.142. The third-order valence-corrected chi connectivity index (χ3v) is 7.48. The first-order valence-corrected chi connectivity index (χ1v) is 11.6. The molecule has 0 saturated carbocycles. The lowest BCUT2D eigenvalue weighted by Crippen LogP contribution is -2.40. The van der Waals surface area contributed by atoms with Gasteiger partial charge < -0.3 is 15.0 Å². The average Bonchev–Trinajstić information content (AvgIpc) is 3.17. The molecule has 1 N–H and O–H groups in total. The van der Waals surface area contributed by atoms with Crippen LogP contribution in [0.15, 0.2) is 53.4 Å². The smallest absolute Gasteiger partial charge is 0.243 e. The number of rotatable bonds is 5. The van der Waals surface area contributed by atoms with Gasteiger partial charge in [-0.25, -0.2) is 8.42 Å². The number of nitrogens with one attached hydrogen (secondary N) is 1. The second kappa shape index (κ2) is 8.78. The molecular formula is C22H25N3O5S. The van der Waals surface area contributed by atoms with Crippen molar-refractivity contribution in [1.82, 2.24) is 4.31 Å². The van der Waals surface area contributed by atoms with Gasteiger partial charge in [-0.3, -0.25) is 9.59 Å². The Morgan fingerprint density at radius 2 is 1.68 bits per heavy atom. The Labute approximate surface area is 181 Å². The Morgan fingerprint density at radius 3 is 2.32 bits per heavy atom. The van der Waals surface area contributed by atoms with Crippen LogP contribution in [-0.2, 0) is 24.3 Å². The monoisotopic (exact) mass is 443 g/mol. The molecule has 0 aliphatic carbocycles. The molecule has 9 heteroatoms. The number of hydrogen-bond acceptors (Lipinski definition) is 5. The molecule has 2 aromatic carbocycles. The summed E-state index contributed by atoms with van der Waals surface area (Å²) in [7, 11) is -3.58. The maximum atomic E-state index is 12.7. The van der Waals surface area contributed by atoms with Crippen LogP contribution in [0.3, 0.4) is 0 Å². The summed E-state index contributed by atoms with van der Waals surface area (Å²) in [6, 6.07) is 13.7. The van der Waals surface area contributed by atoms with E-state index in [2.05, 4.69) is 5.32 Å². The number of morpholine rings is 1. The van der Waals surface area contributed by atoms with Gasteiger partial charge in [0.15, 0.2) is 0 Å². The third-order valence-electron chi connectivity index (χ3n) is 5.57. The maximum absolute atomic E-state index is 12.7. The molecule has 0 radical (unpaired) electrons. The largest absolute Gasteiger partial charge is 0.379 e. The molecule has 164 valence electrons. The molecule has 0 unspecified atom stereocenters. The number of anilines is 2. The summed E-state index contributed by atoms with van der Waals surface area (Å²) < 4.78 is 32.0. The first-order valence-electron chi connectivity index (χ1n) is 10.2. The van der Waals surface area contributed by atoms with Gasteiger partial charge in [-0.1, -0.05) is 17.7 Å². The molecule has 2 fully saturated rings. The van der Waals surface area contributed by atoms with Crippen molar-refractivity contribution in [2.45, 2.75) is 18.2 Å². The summed E-state index contributed by atoms with van der Waals surface area (Å²) in [4.78, 5) is 26.9. The predicted molar refractivity (Wildman–Crippen MR) is 116 cm³/mol. The highest BCUT2D eigenvalue weighted by Gasteiger charge is 2.35. The van der Waals surface area contributed by atoms with Gasteiger partial charge >= 0.3 is 0 Å². The lowest BCUT2D eigenvalue weighted by atomic mass is 10.1. The van der Waals surface area contributed by atoms with E-state index in [9.17, 15) is 18.0 Å². The van der Waals surface area contributed by atoms with E-state index in [-0.39, 0.29) is 23.1 Å². The van der Waals surface area contributed by atoms with Gasteiger partial charge in [-0.05, 0) is 43.3 Å². The lowest BCUT2D eigenvalue weighted by Gasteiger charge is -2.26. The lowest BCUT2D eigenvalue weighted by molar-refractivity contribution is -0.122. The molecule has 2 heterocycles. The van der Waals surface area contributed by atoms with Gasteiger partial charge in [0.2, 0.25) is 21.8 Å². The number of ether oxygens (including phenoxy) is 1. The fourth-order valence-electron chi connectivity index (χ4n) is 3.75. The zero-order valence-electron chi connectivity index (χ0n) is 17.3. The van der Waals surface area contributed by atoms with E-state index in [1.54, 1.807) is 17.0 Å². The van der Waals surface area contributed by atoms with Crippen LogP contribution in [0, 0.1) is 12.8 Å². The molecule has 2 saturated heterocycles. The summed E-state index contributed by atoms with van der Waals surface area (Å²) >= 11 is 0. The van der Waals surface area contributed by atoms with Crippen LogP contribution in [-0.4, -0.2) is 57.4 Å². The molecule has 0 aromatic heterocycles. The molecule has 0 spiro atoms. The van der Waals surface area contributed by atoms with E-state index in [0.29, 0.717) is 38.5 Å². The molecule has 2 aliphatic rings. The number of nitrogens with zero attached hydrogens (tertiary/aromatic N) is 2. The van der Waals surface area contributed by atoms with E-state index >= 15 is 0 Å². The minimum absolute atomic E-state index is 0.0871. The quantitative estimate of drug-likeness (QED) is 0.763. The Hall–Kier alpha value is -2.75. The number of carbonyl (C=O) groups excluding carboxylic acids is 2. The Bertz CT molecular complexity index is 1060. The summed E-state index contributed by atoms with van der Waals surface area (Å²) in [5.41, 5.74) is 2.37. The zero-order chi connectivity index (χ0) is 22.0. The van der Waals surface area contributed by atoms with Crippen molar-refractivity contribution < 1.29 is 22.7 Å². The topological polar surface area (TPSA) is 96.0 Å². The number of sulfonamides is 1. The fraction of sp³-hybridized carbons (Fsp3) is 0.364. The molecule has 4 rings (SSSR count). The molecule has 2 aliphatic heterocycles. The van der Waals surface area contributed by atoms with Gasteiger partial charge in [0.05, 0.1) is 24.0 Å². The fourth-order valence-corrected chi connectivity index (χ4v) is 5.16. The van der Waals surface area contributed by atoms with Gasteiger partial charge in [-0.15, -0.1) is 0 Å². The van der Waals surface area contributed by atoms with Crippen LogP contribution >= 0.6 is 0 Å².